The predicted molar refractivity (Wildman–Crippen MR) is 74.5 cm³/mol. The summed E-state index contributed by atoms with van der Waals surface area (Å²) in [6.07, 6.45) is -0.249. The zero-order valence-electron chi connectivity index (χ0n) is 12.0. The molecule has 1 fully saturated rings. The maximum Gasteiger partial charge on any atom is 0.203 e. The van der Waals surface area contributed by atoms with Crippen LogP contribution < -0.4 is 14.2 Å². The molecule has 0 aliphatic carbocycles. The fourth-order valence-electron chi connectivity index (χ4n) is 2.45. The second kappa shape index (κ2) is 6.15. The molecule has 5 nitrogen and oxygen atoms in total. The van der Waals surface area contributed by atoms with E-state index in [2.05, 4.69) is 6.58 Å². The summed E-state index contributed by atoms with van der Waals surface area (Å²) < 4.78 is 21.7. The van der Waals surface area contributed by atoms with E-state index in [9.17, 15) is 5.11 Å². The molecule has 0 spiro atoms. The van der Waals surface area contributed by atoms with Crippen molar-refractivity contribution >= 4 is 0 Å². The highest BCUT2D eigenvalue weighted by Crippen LogP contribution is 2.44. The Kier molecular flexibility index (Phi) is 4.52. The lowest BCUT2D eigenvalue weighted by atomic mass is 9.93. The molecule has 5 heteroatoms. The average Bonchev–Trinajstić information content (AvgIpc) is 2.86. The Morgan fingerprint density at radius 3 is 2.25 bits per heavy atom. The highest BCUT2D eigenvalue weighted by molar-refractivity contribution is 5.54. The number of benzene rings is 1. The number of ether oxygens (including phenoxy) is 4. The van der Waals surface area contributed by atoms with Gasteiger partial charge in [0.2, 0.25) is 5.75 Å². The van der Waals surface area contributed by atoms with E-state index in [-0.39, 0.29) is 18.6 Å². The van der Waals surface area contributed by atoms with Crippen molar-refractivity contribution in [2.75, 3.05) is 34.5 Å². The molecule has 1 N–H and O–H groups in total. The van der Waals surface area contributed by atoms with Crippen LogP contribution in [-0.4, -0.2) is 39.6 Å². The summed E-state index contributed by atoms with van der Waals surface area (Å²) in [4.78, 5) is 0. The molecule has 0 saturated carbocycles. The van der Waals surface area contributed by atoms with Crippen LogP contribution in [0.15, 0.2) is 24.3 Å². The Labute approximate surface area is 118 Å². The number of hydrogen-bond donors (Lipinski definition) is 1. The molecular weight excluding hydrogens is 260 g/mol. The van der Waals surface area contributed by atoms with Crippen LogP contribution in [0.3, 0.4) is 0 Å². The Balaban J connectivity index is 2.44. The first-order valence-electron chi connectivity index (χ1n) is 6.36. The highest BCUT2D eigenvalue weighted by atomic mass is 16.5. The molecule has 0 unspecified atom stereocenters. The van der Waals surface area contributed by atoms with Gasteiger partial charge in [-0.2, -0.15) is 0 Å². The van der Waals surface area contributed by atoms with Crippen molar-refractivity contribution in [3.05, 3.63) is 29.8 Å². The molecule has 0 radical (unpaired) electrons. The lowest BCUT2D eigenvalue weighted by Gasteiger charge is -2.20. The fourth-order valence-corrected chi connectivity index (χ4v) is 2.45. The van der Waals surface area contributed by atoms with Gasteiger partial charge in [-0.3, -0.25) is 0 Å². The van der Waals surface area contributed by atoms with E-state index >= 15 is 0 Å². The monoisotopic (exact) mass is 280 g/mol. The van der Waals surface area contributed by atoms with Gasteiger partial charge in [-0.25, -0.2) is 0 Å². The van der Waals surface area contributed by atoms with E-state index in [0.29, 0.717) is 23.9 Å². The summed E-state index contributed by atoms with van der Waals surface area (Å²) in [7, 11) is 4.70. The van der Waals surface area contributed by atoms with Crippen LogP contribution in [0, 0.1) is 5.92 Å². The molecule has 1 heterocycles. The van der Waals surface area contributed by atoms with Crippen LogP contribution in [0.4, 0.5) is 0 Å². The van der Waals surface area contributed by atoms with Gasteiger partial charge in [0.15, 0.2) is 11.5 Å². The van der Waals surface area contributed by atoms with Gasteiger partial charge in [-0.15, -0.1) is 0 Å². The summed E-state index contributed by atoms with van der Waals surface area (Å²) in [6.45, 7) is 4.38. The number of hydrogen-bond acceptors (Lipinski definition) is 5. The van der Waals surface area contributed by atoms with E-state index in [4.69, 9.17) is 18.9 Å². The minimum atomic E-state index is -0.249. The molecule has 2 atom stereocenters. The van der Waals surface area contributed by atoms with Gasteiger partial charge in [-0.1, -0.05) is 6.58 Å². The molecule has 110 valence electrons. The maximum absolute atomic E-state index is 9.49. The Morgan fingerprint density at radius 2 is 1.80 bits per heavy atom. The Morgan fingerprint density at radius 1 is 1.20 bits per heavy atom. The number of aliphatic hydroxyl groups is 1. The molecule has 1 aromatic rings. The normalized spacial score (nSPS) is 21.9. The quantitative estimate of drug-likeness (QED) is 0.835. The molecule has 2 rings (SSSR count). The molecular formula is C15H20O5. The van der Waals surface area contributed by atoms with Crippen molar-refractivity contribution in [3.63, 3.8) is 0 Å². The van der Waals surface area contributed by atoms with Crippen molar-refractivity contribution in [2.45, 2.75) is 6.10 Å². The first kappa shape index (κ1) is 14.7. The van der Waals surface area contributed by atoms with Crippen molar-refractivity contribution in [2.24, 2.45) is 5.92 Å². The first-order chi connectivity index (χ1) is 9.65. The predicted octanol–water partition coefficient (Wildman–Crippen LogP) is 1.95. The summed E-state index contributed by atoms with van der Waals surface area (Å²) in [5, 5.41) is 9.49. The van der Waals surface area contributed by atoms with Crippen LogP contribution in [0.2, 0.25) is 0 Å². The summed E-state index contributed by atoms with van der Waals surface area (Å²) in [5.74, 6) is 1.56. The molecule has 0 aromatic heterocycles. The fraction of sp³-hybridized carbons (Fsp3) is 0.467. The molecule has 0 bridgehead atoms. The zero-order chi connectivity index (χ0) is 14.7. The third kappa shape index (κ3) is 2.46. The number of aliphatic hydroxyl groups excluding tert-OH is 1. The van der Waals surface area contributed by atoms with Crippen molar-refractivity contribution in [3.8, 4) is 17.2 Å². The van der Waals surface area contributed by atoms with Crippen LogP contribution in [0.5, 0.6) is 17.2 Å². The third-order valence-corrected chi connectivity index (χ3v) is 3.55. The SMILES string of the molecule is C=C1CO[C@H](c2cc(OC)c(OC)c(OC)c2)[C@H]1CO. The summed E-state index contributed by atoms with van der Waals surface area (Å²) in [6, 6.07) is 3.68. The smallest absolute Gasteiger partial charge is 0.203 e. The number of rotatable bonds is 5. The Bertz CT molecular complexity index is 472. The third-order valence-electron chi connectivity index (χ3n) is 3.55. The van der Waals surface area contributed by atoms with E-state index in [1.54, 1.807) is 21.3 Å². The molecule has 1 aliphatic rings. The van der Waals surface area contributed by atoms with E-state index in [1.807, 2.05) is 12.1 Å². The average molecular weight is 280 g/mol. The summed E-state index contributed by atoms with van der Waals surface area (Å²) >= 11 is 0. The van der Waals surface area contributed by atoms with Gasteiger partial charge in [0, 0.05) is 5.92 Å². The van der Waals surface area contributed by atoms with E-state index in [1.165, 1.54) is 0 Å². The van der Waals surface area contributed by atoms with Crippen LogP contribution >= 0.6 is 0 Å². The lowest BCUT2D eigenvalue weighted by Crippen LogP contribution is -2.13. The van der Waals surface area contributed by atoms with Gasteiger partial charge in [-0.05, 0) is 23.3 Å². The van der Waals surface area contributed by atoms with Crippen LogP contribution in [-0.2, 0) is 4.74 Å². The lowest BCUT2D eigenvalue weighted by molar-refractivity contribution is 0.0717. The van der Waals surface area contributed by atoms with Crippen molar-refractivity contribution in [1.29, 1.82) is 0 Å². The topological polar surface area (TPSA) is 57.2 Å². The maximum atomic E-state index is 9.49. The van der Waals surface area contributed by atoms with Gasteiger partial charge >= 0.3 is 0 Å². The van der Waals surface area contributed by atoms with Crippen LogP contribution in [0.1, 0.15) is 11.7 Å². The minimum Gasteiger partial charge on any atom is -0.493 e. The second-order valence-electron chi connectivity index (χ2n) is 4.64. The van der Waals surface area contributed by atoms with Gasteiger partial charge in [0.25, 0.3) is 0 Å². The molecule has 1 aliphatic heterocycles. The van der Waals surface area contributed by atoms with E-state index < -0.39 is 0 Å². The number of methoxy groups -OCH3 is 3. The zero-order valence-corrected chi connectivity index (χ0v) is 12.0. The van der Waals surface area contributed by atoms with Crippen molar-refractivity contribution in [1.82, 2.24) is 0 Å². The van der Waals surface area contributed by atoms with E-state index in [0.717, 1.165) is 11.1 Å². The second-order valence-corrected chi connectivity index (χ2v) is 4.64. The van der Waals surface area contributed by atoms with Gasteiger partial charge in [0.05, 0.1) is 40.6 Å². The van der Waals surface area contributed by atoms with Crippen LogP contribution in [0.25, 0.3) is 0 Å². The molecule has 0 amide bonds. The Hall–Kier alpha value is -1.72. The first-order valence-corrected chi connectivity index (χ1v) is 6.36. The molecule has 20 heavy (non-hydrogen) atoms. The largest absolute Gasteiger partial charge is 0.493 e. The standard InChI is InChI=1S/C15H20O5/c1-9-8-20-14(11(9)7-16)10-5-12(17-2)15(19-4)13(6-10)18-3/h5-6,11,14,16H,1,7-8H2,2-4H3/t11-,14+/m0/s1. The molecule has 1 saturated heterocycles. The molecule has 1 aromatic carbocycles. The van der Waals surface area contributed by atoms with Crippen molar-refractivity contribution < 1.29 is 24.1 Å². The van der Waals surface area contributed by atoms with Gasteiger partial charge < -0.3 is 24.1 Å². The van der Waals surface area contributed by atoms with Gasteiger partial charge in [0.1, 0.15) is 0 Å². The highest BCUT2D eigenvalue weighted by Gasteiger charge is 2.33. The minimum absolute atomic E-state index is 0.000159. The summed E-state index contributed by atoms with van der Waals surface area (Å²) in [5.41, 5.74) is 1.77.